The number of nitrogens with two attached hydrogens (primary N) is 2. The number of fused-ring (bicyclic) bond motifs is 1. The van der Waals surface area contributed by atoms with E-state index in [1.165, 1.54) is 18.5 Å². The molecule has 0 saturated carbocycles. The molecule has 0 saturated heterocycles. The molecule has 0 aliphatic rings. The molecule has 36 heavy (non-hydrogen) atoms. The first-order valence-electron chi connectivity index (χ1n) is 10.3. The van der Waals surface area contributed by atoms with Gasteiger partial charge in [-0.1, -0.05) is 0 Å². The minimum absolute atomic E-state index is 0.0303. The number of urea groups is 1. The van der Waals surface area contributed by atoms with E-state index in [1.807, 2.05) is 0 Å². The second-order valence-electron chi connectivity index (χ2n) is 7.52. The van der Waals surface area contributed by atoms with Crippen LogP contribution in [0.4, 0.5) is 36.5 Å². The number of ether oxygens (including phenoxy) is 2. The lowest BCUT2D eigenvalue weighted by Crippen LogP contribution is -2.21. The first kappa shape index (κ1) is 24.2. The highest BCUT2D eigenvalue weighted by atomic mass is 19.1. The molecule has 0 bridgehead atoms. The van der Waals surface area contributed by atoms with Gasteiger partial charge in [-0.15, -0.1) is 0 Å². The van der Waals surface area contributed by atoms with Gasteiger partial charge in [0, 0.05) is 12.3 Å². The number of hydrogen-bond donors (Lipinski definition) is 4. The number of nitrogens with one attached hydrogen (secondary N) is 2. The molecule has 0 aliphatic heterocycles. The van der Waals surface area contributed by atoms with Crippen molar-refractivity contribution in [1.29, 1.82) is 0 Å². The summed E-state index contributed by atoms with van der Waals surface area (Å²) in [6, 6.07) is 1.35. The fraction of sp³-hybridized carbons (Fsp3) is 0.130. The molecule has 0 atom stereocenters. The molecule has 0 aliphatic carbocycles. The summed E-state index contributed by atoms with van der Waals surface area (Å²) in [7, 11) is 2.28. The van der Waals surface area contributed by atoms with Gasteiger partial charge >= 0.3 is 6.03 Å². The number of anilines is 4. The zero-order valence-corrected chi connectivity index (χ0v) is 19.2. The average Bonchev–Trinajstić information content (AvgIpc) is 3.19. The van der Waals surface area contributed by atoms with Crippen molar-refractivity contribution >= 4 is 45.7 Å². The van der Waals surface area contributed by atoms with Gasteiger partial charge in [0.05, 0.1) is 43.4 Å². The number of carbonyl (C=O) groups is 2. The van der Waals surface area contributed by atoms with Crippen LogP contribution in [-0.2, 0) is 0 Å². The fourth-order valence-corrected chi connectivity index (χ4v) is 3.56. The quantitative estimate of drug-likeness (QED) is 0.276. The van der Waals surface area contributed by atoms with Crippen molar-refractivity contribution < 1.29 is 32.3 Å². The van der Waals surface area contributed by atoms with Gasteiger partial charge in [-0.05, 0) is 18.6 Å². The lowest BCUT2D eigenvalue weighted by molar-refractivity contribution is 0.100. The van der Waals surface area contributed by atoms with Crippen molar-refractivity contribution in [3.63, 3.8) is 0 Å². The molecule has 13 heteroatoms. The number of rotatable bonds is 7. The number of primary amides is 1. The third kappa shape index (κ3) is 4.17. The highest BCUT2D eigenvalue weighted by molar-refractivity contribution is 6.17. The minimum Gasteiger partial charge on any atom is -0.494 e. The summed E-state index contributed by atoms with van der Waals surface area (Å²) in [5.74, 6) is -4.99. The number of benzene rings is 1. The molecule has 186 valence electrons. The van der Waals surface area contributed by atoms with E-state index in [0.29, 0.717) is 11.4 Å². The van der Waals surface area contributed by atoms with Gasteiger partial charge in [0.25, 0.3) is 0 Å². The number of hydrogen-bond acceptors (Lipinski definition) is 9. The van der Waals surface area contributed by atoms with Crippen LogP contribution in [0.3, 0.4) is 0 Å². The van der Waals surface area contributed by atoms with Crippen molar-refractivity contribution in [1.82, 2.24) is 9.97 Å². The van der Waals surface area contributed by atoms with Crippen LogP contribution in [0.15, 0.2) is 35.1 Å². The Balaban J connectivity index is 1.88. The number of ketones is 1. The summed E-state index contributed by atoms with van der Waals surface area (Å²) in [6.07, 6.45) is 4.30. The largest absolute Gasteiger partial charge is 0.494 e. The number of nitrogens with zero attached hydrogens (tertiary/aromatic N) is 2. The number of pyridine rings is 2. The molecule has 4 rings (SSSR count). The maximum absolute atomic E-state index is 15.0. The van der Waals surface area contributed by atoms with Gasteiger partial charge in [-0.2, -0.15) is 0 Å². The molecular formula is C23H20F2N6O5. The lowest BCUT2D eigenvalue weighted by atomic mass is 10.0. The number of nitrogen functional groups attached to an aromatic ring is 1. The Morgan fingerprint density at radius 1 is 1.03 bits per heavy atom. The van der Waals surface area contributed by atoms with Crippen molar-refractivity contribution in [3.8, 4) is 11.5 Å². The standard InChI is InChI=1S/C23H20F2N6O5/c1-9-6-28-7-11(26)19(9)30-15-4-10-14(8-29-15)36-22(20(10)31-23(27)33)21(32)16-17(24)12(34-2)5-13(35-3)18(16)25/h4-8H,26H2,1-3H3,(H3,27,31,33)(H,28,29,30). The van der Waals surface area contributed by atoms with E-state index >= 15 is 0 Å². The molecule has 0 fully saturated rings. The van der Waals surface area contributed by atoms with Crippen molar-refractivity contribution in [2.45, 2.75) is 6.92 Å². The molecule has 4 aromatic rings. The number of methoxy groups -OCH3 is 2. The second kappa shape index (κ2) is 9.37. The van der Waals surface area contributed by atoms with Crippen molar-refractivity contribution in [2.24, 2.45) is 5.73 Å². The molecule has 0 spiro atoms. The molecule has 0 unspecified atom stereocenters. The number of halogens is 2. The predicted molar refractivity (Wildman–Crippen MR) is 127 cm³/mol. The number of aryl methyl sites for hydroxylation is 1. The first-order valence-corrected chi connectivity index (χ1v) is 10.3. The highest BCUT2D eigenvalue weighted by Crippen LogP contribution is 2.38. The molecule has 3 heterocycles. The summed E-state index contributed by atoms with van der Waals surface area (Å²) in [5, 5.41) is 5.49. The van der Waals surface area contributed by atoms with E-state index in [2.05, 4.69) is 20.6 Å². The molecule has 3 aromatic heterocycles. The fourth-order valence-electron chi connectivity index (χ4n) is 3.56. The zero-order chi connectivity index (χ0) is 26.1. The molecule has 1 aromatic carbocycles. The van der Waals surface area contributed by atoms with Crippen LogP contribution in [0.5, 0.6) is 11.5 Å². The number of amides is 2. The SMILES string of the molecule is COc1cc(OC)c(F)c(C(=O)c2oc3cnc(Nc4c(C)cncc4N)cc3c2NC(N)=O)c1F. The Morgan fingerprint density at radius 3 is 2.28 bits per heavy atom. The minimum atomic E-state index is -1.28. The van der Waals surface area contributed by atoms with Crippen LogP contribution in [0.25, 0.3) is 11.0 Å². The Hall–Kier alpha value is -4.94. The van der Waals surface area contributed by atoms with Crippen LogP contribution >= 0.6 is 0 Å². The second-order valence-corrected chi connectivity index (χ2v) is 7.52. The number of furan rings is 1. The van der Waals surface area contributed by atoms with E-state index in [-0.39, 0.29) is 22.5 Å². The van der Waals surface area contributed by atoms with E-state index in [0.717, 1.165) is 25.8 Å². The number of aromatic nitrogens is 2. The maximum atomic E-state index is 15.0. The molecular weight excluding hydrogens is 478 g/mol. The smallest absolute Gasteiger partial charge is 0.316 e. The van der Waals surface area contributed by atoms with Crippen molar-refractivity contribution in [3.05, 3.63) is 59.2 Å². The van der Waals surface area contributed by atoms with E-state index in [9.17, 15) is 18.4 Å². The Bertz CT molecular complexity index is 1470. The van der Waals surface area contributed by atoms with Crippen LogP contribution in [0.2, 0.25) is 0 Å². The average molecular weight is 498 g/mol. The molecule has 6 N–H and O–H groups in total. The van der Waals surface area contributed by atoms with E-state index in [4.69, 9.17) is 25.4 Å². The molecule has 11 nitrogen and oxygen atoms in total. The molecule has 0 radical (unpaired) electrons. The summed E-state index contributed by atoms with van der Waals surface area (Å²) in [5.41, 5.74) is 11.7. The van der Waals surface area contributed by atoms with Crippen LogP contribution in [0, 0.1) is 18.6 Å². The normalized spacial score (nSPS) is 10.8. The van der Waals surface area contributed by atoms with Gasteiger partial charge in [-0.3, -0.25) is 9.78 Å². The summed E-state index contributed by atoms with van der Waals surface area (Å²) < 4.78 is 45.3. The zero-order valence-electron chi connectivity index (χ0n) is 19.2. The Labute approximate surface area is 202 Å². The maximum Gasteiger partial charge on any atom is 0.316 e. The van der Waals surface area contributed by atoms with Gasteiger partial charge in [0.2, 0.25) is 5.78 Å². The third-order valence-corrected chi connectivity index (χ3v) is 5.25. The predicted octanol–water partition coefficient (Wildman–Crippen LogP) is 3.87. The van der Waals surface area contributed by atoms with E-state index in [1.54, 1.807) is 13.1 Å². The van der Waals surface area contributed by atoms with Gasteiger partial charge in [0.15, 0.2) is 34.5 Å². The van der Waals surface area contributed by atoms with Gasteiger partial charge in [-0.25, -0.2) is 18.6 Å². The Kier molecular flexibility index (Phi) is 6.29. The van der Waals surface area contributed by atoms with Crippen molar-refractivity contribution in [2.75, 3.05) is 30.6 Å². The third-order valence-electron chi connectivity index (χ3n) is 5.25. The topological polar surface area (TPSA) is 168 Å². The summed E-state index contributed by atoms with van der Waals surface area (Å²) in [4.78, 5) is 33.3. The highest BCUT2D eigenvalue weighted by Gasteiger charge is 2.31. The summed E-state index contributed by atoms with van der Waals surface area (Å²) >= 11 is 0. The monoisotopic (exact) mass is 498 g/mol. The van der Waals surface area contributed by atoms with Crippen LogP contribution < -0.4 is 31.6 Å². The molecule has 2 amide bonds. The van der Waals surface area contributed by atoms with Gasteiger partial charge in [0.1, 0.15) is 17.1 Å². The van der Waals surface area contributed by atoms with Crippen LogP contribution in [0.1, 0.15) is 21.7 Å². The van der Waals surface area contributed by atoms with E-state index < -0.39 is 46.3 Å². The van der Waals surface area contributed by atoms with Gasteiger partial charge < -0.3 is 36.0 Å². The first-order chi connectivity index (χ1) is 17.2. The summed E-state index contributed by atoms with van der Waals surface area (Å²) in [6.45, 7) is 1.78. The Morgan fingerprint density at radius 2 is 1.69 bits per heavy atom. The van der Waals surface area contributed by atoms with Crippen LogP contribution in [-0.4, -0.2) is 36.0 Å². The lowest BCUT2D eigenvalue weighted by Gasteiger charge is -2.12. The number of carbonyl (C=O) groups excluding carboxylic acids is 2.